The van der Waals surface area contributed by atoms with Gasteiger partial charge in [0.2, 0.25) is 0 Å². The number of furan rings is 1. The molecule has 2 heterocycles. The predicted octanol–water partition coefficient (Wildman–Crippen LogP) is 3.97. The number of hydrogen-bond donors (Lipinski definition) is 2. The van der Waals surface area contributed by atoms with Gasteiger partial charge in [0.25, 0.3) is 0 Å². The number of piperidine rings is 1. The Hall–Kier alpha value is -1.87. The SMILES string of the molecule is C=CCNC(=NCCc1ccco1)NC1CCN(Cc2ccc(F)cc2)CC1.I. The van der Waals surface area contributed by atoms with Crippen LogP contribution in [0.15, 0.2) is 64.7 Å². The van der Waals surface area contributed by atoms with E-state index in [9.17, 15) is 4.39 Å². The first kappa shape index (κ1) is 23.4. The number of halogens is 2. The number of aliphatic imine (C=N–C) groups is 1. The van der Waals surface area contributed by atoms with E-state index in [2.05, 4.69) is 27.1 Å². The second-order valence-electron chi connectivity index (χ2n) is 7.05. The average molecular weight is 512 g/mol. The zero-order valence-electron chi connectivity index (χ0n) is 16.6. The molecular weight excluding hydrogens is 482 g/mol. The fourth-order valence-corrected chi connectivity index (χ4v) is 3.33. The molecule has 1 aromatic heterocycles. The number of nitrogens with one attached hydrogen (secondary N) is 2. The maximum atomic E-state index is 13.0. The molecule has 7 heteroatoms. The molecule has 1 fully saturated rings. The van der Waals surface area contributed by atoms with E-state index < -0.39 is 0 Å². The van der Waals surface area contributed by atoms with Gasteiger partial charge in [-0.2, -0.15) is 0 Å². The minimum atomic E-state index is -0.183. The van der Waals surface area contributed by atoms with E-state index in [-0.39, 0.29) is 29.8 Å². The van der Waals surface area contributed by atoms with Crippen molar-refractivity contribution in [2.75, 3.05) is 26.2 Å². The van der Waals surface area contributed by atoms with Gasteiger partial charge in [-0.1, -0.05) is 18.2 Å². The standard InChI is InChI=1S/C22H29FN4O.HI/c1-2-12-24-22(25-13-9-21-4-3-16-28-21)26-20-10-14-27(15-11-20)17-18-5-7-19(23)8-6-18;/h2-8,16,20H,1,9-15,17H2,(H2,24,25,26);1H. The van der Waals surface area contributed by atoms with Gasteiger partial charge in [-0.05, 0) is 42.7 Å². The quantitative estimate of drug-likeness (QED) is 0.243. The van der Waals surface area contributed by atoms with Gasteiger partial charge < -0.3 is 15.1 Å². The summed E-state index contributed by atoms with van der Waals surface area (Å²) < 4.78 is 18.4. The maximum Gasteiger partial charge on any atom is 0.191 e. The van der Waals surface area contributed by atoms with Crippen LogP contribution in [0, 0.1) is 5.82 Å². The third kappa shape index (κ3) is 8.18. The van der Waals surface area contributed by atoms with Gasteiger partial charge in [0.15, 0.2) is 5.96 Å². The van der Waals surface area contributed by atoms with Gasteiger partial charge in [0, 0.05) is 45.2 Å². The smallest absolute Gasteiger partial charge is 0.191 e. The zero-order chi connectivity index (χ0) is 19.6. The summed E-state index contributed by atoms with van der Waals surface area (Å²) in [6.07, 6.45) is 6.40. The molecule has 5 nitrogen and oxygen atoms in total. The number of hydrogen-bond acceptors (Lipinski definition) is 3. The van der Waals surface area contributed by atoms with Crippen molar-refractivity contribution in [1.29, 1.82) is 0 Å². The Morgan fingerprint density at radius 3 is 2.66 bits per heavy atom. The maximum absolute atomic E-state index is 13.0. The van der Waals surface area contributed by atoms with Crippen molar-refractivity contribution in [2.24, 2.45) is 4.99 Å². The lowest BCUT2D eigenvalue weighted by Gasteiger charge is -2.33. The Labute approximate surface area is 189 Å². The fourth-order valence-electron chi connectivity index (χ4n) is 3.33. The van der Waals surface area contributed by atoms with Crippen molar-refractivity contribution in [1.82, 2.24) is 15.5 Å². The molecular formula is C22H30FIN4O. The Kier molecular flexibility index (Phi) is 10.2. The largest absolute Gasteiger partial charge is 0.469 e. The van der Waals surface area contributed by atoms with Gasteiger partial charge in [-0.3, -0.25) is 9.89 Å². The van der Waals surface area contributed by atoms with Crippen LogP contribution >= 0.6 is 24.0 Å². The lowest BCUT2D eigenvalue weighted by atomic mass is 10.0. The average Bonchev–Trinajstić information content (AvgIpc) is 3.23. The fraction of sp³-hybridized carbons (Fsp3) is 0.409. The summed E-state index contributed by atoms with van der Waals surface area (Å²) in [6, 6.07) is 11.0. The predicted molar refractivity (Wildman–Crippen MR) is 126 cm³/mol. The molecule has 0 radical (unpaired) electrons. The number of nitrogens with zero attached hydrogens (tertiary/aromatic N) is 2. The number of likely N-dealkylation sites (tertiary alicyclic amines) is 1. The van der Waals surface area contributed by atoms with Crippen LogP contribution in [0.2, 0.25) is 0 Å². The summed E-state index contributed by atoms with van der Waals surface area (Å²) in [4.78, 5) is 7.08. The number of rotatable bonds is 8. The van der Waals surface area contributed by atoms with E-state index in [4.69, 9.17) is 4.42 Å². The van der Waals surface area contributed by atoms with E-state index in [0.29, 0.717) is 19.1 Å². The van der Waals surface area contributed by atoms with Crippen molar-refractivity contribution in [3.8, 4) is 0 Å². The lowest BCUT2D eigenvalue weighted by Crippen LogP contribution is -2.48. The second kappa shape index (κ2) is 12.6. The third-order valence-corrected chi connectivity index (χ3v) is 4.87. The Morgan fingerprint density at radius 1 is 1.24 bits per heavy atom. The first-order chi connectivity index (χ1) is 13.7. The molecule has 0 saturated carbocycles. The van der Waals surface area contributed by atoms with Crippen LogP contribution in [-0.2, 0) is 13.0 Å². The van der Waals surface area contributed by atoms with Crippen LogP contribution < -0.4 is 10.6 Å². The molecule has 1 saturated heterocycles. The second-order valence-corrected chi connectivity index (χ2v) is 7.05. The molecule has 29 heavy (non-hydrogen) atoms. The Bertz CT molecular complexity index is 741. The Morgan fingerprint density at radius 2 is 2.00 bits per heavy atom. The molecule has 158 valence electrons. The molecule has 0 bridgehead atoms. The summed E-state index contributed by atoms with van der Waals surface area (Å²) in [5, 5.41) is 6.84. The number of guanidine groups is 1. The summed E-state index contributed by atoms with van der Waals surface area (Å²) in [5.41, 5.74) is 1.15. The van der Waals surface area contributed by atoms with E-state index in [0.717, 1.165) is 56.2 Å². The molecule has 0 amide bonds. The van der Waals surface area contributed by atoms with Crippen LogP contribution in [0.5, 0.6) is 0 Å². The highest BCUT2D eigenvalue weighted by atomic mass is 127. The molecule has 1 aliphatic heterocycles. The number of benzene rings is 1. The molecule has 0 unspecified atom stereocenters. The van der Waals surface area contributed by atoms with Crippen molar-refractivity contribution in [3.63, 3.8) is 0 Å². The first-order valence-electron chi connectivity index (χ1n) is 9.88. The highest BCUT2D eigenvalue weighted by molar-refractivity contribution is 14.0. The van der Waals surface area contributed by atoms with Crippen LogP contribution in [0.4, 0.5) is 4.39 Å². The molecule has 1 aliphatic rings. The van der Waals surface area contributed by atoms with Gasteiger partial charge >= 0.3 is 0 Å². The Balaban J connectivity index is 0.00000300. The normalized spacial score (nSPS) is 15.6. The summed E-state index contributed by atoms with van der Waals surface area (Å²) >= 11 is 0. The van der Waals surface area contributed by atoms with E-state index >= 15 is 0 Å². The van der Waals surface area contributed by atoms with Crippen molar-refractivity contribution >= 4 is 29.9 Å². The van der Waals surface area contributed by atoms with Crippen LogP contribution in [0.1, 0.15) is 24.2 Å². The lowest BCUT2D eigenvalue weighted by molar-refractivity contribution is 0.198. The van der Waals surface area contributed by atoms with Crippen molar-refractivity contribution in [2.45, 2.75) is 31.8 Å². The summed E-state index contributed by atoms with van der Waals surface area (Å²) in [5.74, 6) is 1.59. The van der Waals surface area contributed by atoms with Crippen molar-refractivity contribution < 1.29 is 8.81 Å². The minimum Gasteiger partial charge on any atom is -0.469 e. The van der Waals surface area contributed by atoms with Gasteiger partial charge in [-0.25, -0.2) is 4.39 Å². The molecule has 2 aromatic rings. The molecule has 2 N–H and O–H groups in total. The van der Waals surface area contributed by atoms with Crippen LogP contribution in [0.25, 0.3) is 0 Å². The van der Waals surface area contributed by atoms with E-state index in [1.54, 1.807) is 6.26 Å². The summed E-state index contributed by atoms with van der Waals surface area (Å²) in [6.45, 7) is 8.00. The van der Waals surface area contributed by atoms with E-state index in [1.807, 2.05) is 30.3 Å². The van der Waals surface area contributed by atoms with Gasteiger partial charge in [0.05, 0.1) is 6.26 Å². The van der Waals surface area contributed by atoms with Gasteiger partial charge in [-0.15, -0.1) is 30.6 Å². The van der Waals surface area contributed by atoms with Crippen LogP contribution in [-0.4, -0.2) is 43.1 Å². The van der Waals surface area contributed by atoms with Crippen molar-refractivity contribution in [3.05, 3.63) is 72.5 Å². The molecule has 0 atom stereocenters. The zero-order valence-corrected chi connectivity index (χ0v) is 19.0. The molecule has 0 spiro atoms. The summed E-state index contributed by atoms with van der Waals surface area (Å²) in [7, 11) is 0. The minimum absolute atomic E-state index is 0. The third-order valence-electron chi connectivity index (χ3n) is 4.87. The molecule has 0 aliphatic carbocycles. The topological polar surface area (TPSA) is 52.8 Å². The highest BCUT2D eigenvalue weighted by Crippen LogP contribution is 2.14. The van der Waals surface area contributed by atoms with Gasteiger partial charge in [0.1, 0.15) is 11.6 Å². The molecule has 3 rings (SSSR count). The monoisotopic (exact) mass is 512 g/mol. The highest BCUT2D eigenvalue weighted by Gasteiger charge is 2.20. The van der Waals surface area contributed by atoms with Crippen LogP contribution in [0.3, 0.4) is 0 Å². The first-order valence-corrected chi connectivity index (χ1v) is 9.88. The molecule has 1 aromatic carbocycles. The van der Waals surface area contributed by atoms with E-state index in [1.165, 1.54) is 12.1 Å².